The minimum Gasteiger partial charge on any atom is -0.332 e. The second-order valence-electron chi connectivity index (χ2n) is 4.21. The number of carbonyl (C=O) groups is 2. The molecular formula is C11H16N2O2S. The van der Waals surface area contributed by atoms with Gasteiger partial charge in [-0.25, -0.2) is 4.79 Å². The fourth-order valence-corrected chi connectivity index (χ4v) is 3.29. The van der Waals surface area contributed by atoms with Gasteiger partial charge in [0.2, 0.25) is 0 Å². The number of rotatable bonds is 4. The van der Waals surface area contributed by atoms with Crippen LogP contribution < -0.4 is 10.6 Å². The first-order chi connectivity index (χ1) is 7.66. The third-order valence-corrected chi connectivity index (χ3v) is 4.10. The van der Waals surface area contributed by atoms with Gasteiger partial charge in [-0.2, -0.15) is 0 Å². The number of thioether (sulfide) groups is 1. The van der Waals surface area contributed by atoms with E-state index in [0.717, 1.165) is 18.6 Å². The van der Waals surface area contributed by atoms with Crippen LogP contribution in [0.2, 0.25) is 0 Å². The van der Waals surface area contributed by atoms with Gasteiger partial charge in [-0.1, -0.05) is 6.08 Å². The molecule has 16 heavy (non-hydrogen) atoms. The maximum atomic E-state index is 11.1. The first kappa shape index (κ1) is 11.5. The number of fused-ring (bicyclic) bond motifs is 1. The van der Waals surface area contributed by atoms with Crippen LogP contribution in [0.3, 0.4) is 0 Å². The summed E-state index contributed by atoms with van der Waals surface area (Å²) in [5.41, 5.74) is 0. The standard InChI is InChI=1S/C11H16N2O2S/c1-7(14)4-2-3-5-9-10-8(6-16-9)12-11(15)13-10/h5,8,10H,2-4,6H2,1H3,(H2,12,13,15)/b9-5+/t8-,10-/m0/s1. The SMILES string of the molecule is CC(=O)CCC/C=C1/SC[C@@H]2NC(=O)N[C@H]12. The van der Waals surface area contributed by atoms with E-state index in [2.05, 4.69) is 16.7 Å². The average Bonchev–Trinajstić information content (AvgIpc) is 2.72. The van der Waals surface area contributed by atoms with Gasteiger partial charge >= 0.3 is 6.03 Å². The summed E-state index contributed by atoms with van der Waals surface area (Å²) < 4.78 is 0. The van der Waals surface area contributed by atoms with Crippen molar-refractivity contribution in [2.24, 2.45) is 0 Å². The van der Waals surface area contributed by atoms with Crippen LogP contribution in [-0.4, -0.2) is 29.7 Å². The molecule has 0 radical (unpaired) electrons. The van der Waals surface area contributed by atoms with Crippen molar-refractivity contribution in [3.8, 4) is 0 Å². The van der Waals surface area contributed by atoms with E-state index < -0.39 is 0 Å². The van der Waals surface area contributed by atoms with E-state index in [1.807, 2.05) is 0 Å². The second kappa shape index (κ2) is 4.91. The molecule has 2 fully saturated rings. The van der Waals surface area contributed by atoms with E-state index in [1.54, 1.807) is 18.7 Å². The molecule has 0 aliphatic carbocycles. The summed E-state index contributed by atoms with van der Waals surface area (Å²) in [6.45, 7) is 1.62. The normalized spacial score (nSPS) is 30.1. The lowest BCUT2D eigenvalue weighted by Gasteiger charge is -2.07. The predicted octanol–water partition coefficient (Wildman–Crippen LogP) is 1.43. The van der Waals surface area contributed by atoms with Gasteiger partial charge in [0.25, 0.3) is 0 Å². The highest BCUT2D eigenvalue weighted by molar-refractivity contribution is 8.03. The van der Waals surface area contributed by atoms with Gasteiger partial charge in [0.1, 0.15) is 5.78 Å². The van der Waals surface area contributed by atoms with Crippen molar-refractivity contribution in [1.29, 1.82) is 0 Å². The third-order valence-electron chi connectivity index (χ3n) is 2.82. The van der Waals surface area contributed by atoms with E-state index >= 15 is 0 Å². The van der Waals surface area contributed by atoms with Gasteiger partial charge in [-0.3, -0.25) is 0 Å². The summed E-state index contributed by atoms with van der Waals surface area (Å²) in [6, 6.07) is 0.344. The Morgan fingerprint density at radius 3 is 3.12 bits per heavy atom. The van der Waals surface area contributed by atoms with Crippen molar-refractivity contribution < 1.29 is 9.59 Å². The summed E-state index contributed by atoms with van der Waals surface area (Å²) in [5.74, 6) is 1.19. The molecule has 2 rings (SSSR count). The zero-order valence-corrected chi connectivity index (χ0v) is 10.1. The van der Waals surface area contributed by atoms with Crippen molar-refractivity contribution in [3.63, 3.8) is 0 Å². The monoisotopic (exact) mass is 240 g/mol. The molecule has 2 atom stereocenters. The highest BCUT2D eigenvalue weighted by Crippen LogP contribution is 2.33. The molecule has 88 valence electrons. The molecule has 0 spiro atoms. The second-order valence-corrected chi connectivity index (χ2v) is 5.31. The van der Waals surface area contributed by atoms with Crippen LogP contribution in [0.15, 0.2) is 11.0 Å². The van der Waals surface area contributed by atoms with Crippen LogP contribution in [0.25, 0.3) is 0 Å². The number of hydrogen-bond donors (Lipinski definition) is 2. The molecule has 0 aromatic heterocycles. The van der Waals surface area contributed by atoms with E-state index in [0.29, 0.717) is 6.42 Å². The molecule has 5 heteroatoms. The summed E-state index contributed by atoms with van der Waals surface area (Å²) in [5, 5.41) is 5.80. The molecule has 2 saturated heterocycles. The fraction of sp³-hybridized carbons (Fsp3) is 0.636. The highest BCUT2D eigenvalue weighted by atomic mass is 32.2. The molecule has 0 unspecified atom stereocenters. The van der Waals surface area contributed by atoms with Crippen LogP contribution in [0, 0.1) is 0 Å². The molecule has 0 aromatic rings. The minimum atomic E-state index is -0.0649. The molecule has 2 amide bonds. The Hall–Kier alpha value is -0.970. The first-order valence-electron chi connectivity index (χ1n) is 5.56. The zero-order valence-electron chi connectivity index (χ0n) is 9.29. The Kier molecular flexibility index (Phi) is 3.53. The lowest BCUT2D eigenvalue weighted by molar-refractivity contribution is -0.117. The molecule has 4 nitrogen and oxygen atoms in total. The maximum absolute atomic E-state index is 11.1. The average molecular weight is 240 g/mol. The quantitative estimate of drug-likeness (QED) is 0.577. The predicted molar refractivity (Wildman–Crippen MR) is 64.3 cm³/mol. The molecule has 2 aliphatic rings. The first-order valence-corrected chi connectivity index (χ1v) is 6.54. The van der Waals surface area contributed by atoms with Crippen molar-refractivity contribution >= 4 is 23.6 Å². The van der Waals surface area contributed by atoms with Crippen molar-refractivity contribution in [2.45, 2.75) is 38.3 Å². The summed E-state index contributed by atoms with van der Waals surface area (Å²) in [6.07, 6.45) is 4.62. The number of ketones is 1. The van der Waals surface area contributed by atoms with Gasteiger partial charge in [-0.15, -0.1) is 11.8 Å². The van der Waals surface area contributed by atoms with Crippen molar-refractivity contribution in [2.75, 3.05) is 5.75 Å². The molecule has 2 aliphatic heterocycles. The Balaban J connectivity index is 1.83. The Labute approximate surface area is 99.2 Å². The number of amides is 2. The molecule has 0 aromatic carbocycles. The van der Waals surface area contributed by atoms with Crippen LogP contribution >= 0.6 is 11.8 Å². The van der Waals surface area contributed by atoms with Gasteiger partial charge in [-0.05, 0) is 19.8 Å². The lowest BCUT2D eigenvalue weighted by Crippen LogP contribution is -2.30. The minimum absolute atomic E-state index is 0.0649. The van der Waals surface area contributed by atoms with Gasteiger partial charge in [0, 0.05) is 17.1 Å². The third kappa shape index (κ3) is 2.58. The number of carbonyl (C=O) groups excluding carboxylic acids is 2. The fourth-order valence-electron chi connectivity index (χ4n) is 2.00. The van der Waals surface area contributed by atoms with Gasteiger partial charge in [0.05, 0.1) is 12.1 Å². The summed E-state index contributed by atoms with van der Waals surface area (Å²) in [4.78, 5) is 23.1. The molecular weight excluding hydrogens is 224 g/mol. The van der Waals surface area contributed by atoms with Crippen LogP contribution in [0.1, 0.15) is 26.2 Å². The zero-order chi connectivity index (χ0) is 11.5. The number of urea groups is 1. The Bertz CT molecular complexity index is 341. The number of nitrogens with one attached hydrogen (secondary N) is 2. The van der Waals surface area contributed by atoms with Gasteiger partial charge in [0.15, 0.2) is 0 Å². The van der Waals surface area contributed by atoms with E-state index in [-0.39, 0.29) is 23.9 Å². The summed E-state index contributed by atoms with van der Waals surface area (Å²) in [7, 11) is 0. The largest absolute Gasteiger partial charge is 0.332 e. The maximum Gasteiger partial charge on any atom is 0.315 e. The summed E-state index contributed by atoms with van der Waals surface area (Å²) >= 11 is 1.79. The number of allylic oxidation sites excluding steroid dienone is 1. The Morgan fingerprint density at radius 1 is 1.56 bits per heavy atom. The van der Waals surface area contributed by atoms with Crippen LogP contribution in [0.4, 0.5) is 4.79 Å². The van der Waals surface area contributed by atoms with Crippen molar-refractivity contribution in [3.05, 3.63) is 11.0 Å². The molecule has 2 N–H and O–H groups in total. The van der Waals surface area contributed by atoms with E-state index in [1.165, 1.54) is 4.91 Å². The molecule has 0 saturated carbocycles. The molecule has 2 heterocycles. The van der Waals surface area contributed by atoms with Crippen LogP contribution in [-0.2, 0) is 4.79 Å². The van der Waals surface area contributed by atoms with Crippen LogP contribution in [0.5, 0.6) is 0 Å². The van der Waals surface area contributed by atoms with E-state index in [4.69, 9.17) is 0 Å². The highest BCUT2D eigenvalue weighted by Gasteiger charge is 2.39. The number of unbranched alkanes of at least 4 members (excludes halogenated alkanes) is 1. The smallest absolute Gasteiger partial charge is 0.315 e. The van der Waals surface area contributed by atoms with E-state index in [9.17, 15) is 9.59 Å². The molecule has 0 bridgehead atoms. The topological polar surface area (TPSA) is 58.2 Å². The van der Waals surface area contributed by atoms with Crippen molar-refractivity contribution in [1.82, 2.24) is 10.6 Å². The van der Waals surface area contributed by atoms with Gasteiger partial charge < -0.3 is 15.4 Å². The Morgan fingerprint density at radius 2 is 2.38 bits per heavy atom. The number of hydrogen-bond acceptors (Lipinski definition) is 3. The lowest BCUT2D eigenvalue weighted by atomic mass is 10.1. The number of Topliss-reactive ketones (excluding diaryl/α,β-unsaturated/α-hetero) is 1.